The van der Waals surface area contributed by atoms with Gasteiger partial charge in [-0.05, 0) is 49.8 Å². The average Bonchev–Trinajstić information content (AvgIpc) is 3.25. The molecule has 3 aromatic heterocycles. The first-order valence-electron chi connectivity index (χ1n) is 9.72. The third-order valence-corrected chi connectivity index (χ3v) is 4.66. The number of methoxy groups -OCH3 is 1. The van der Waals surface area contributed by atoms with Gasteiger partial charge in [-0.3, -0.25) is 9.67 Å². The third-order valence-electron chi connectivity index (χ3n) is 4.41. The van der Waals surface area contributed by atoms with E-state index in [4.69, 9.17) is 17.0 Å². The fourth-order valence-electron chi connectivity index (χ4n) is 2.74. The second-order valence-electron chi connectivity index (χ2n) is 6.67. The van der Waals surface area contributed by atoms with Crippen LogP contribution < -0.4 is 10.6 Å². The van der Waals surface area contributed by atoms with E-state index in [2.05, 4.69) is 37.3 Å². The van der Waals surface area contributed by atoms with Crippen molar-refractivity contribution in [3.05, 3.63) is 66.9 Å². The molecule has 9 heteroatoms. The topological polar surface area (TPSA) is 89.8 Å². The van der Waals surface area contributed by atoms with Crippen molar-refractivity contribution in [1.82, 2.24) is 30.0 Å². The zero-order valence-corrected chi connectivity index (χ0v) is 18.6. The number of nitrogens with zero attached hydrogens (tertiary/aromatic N) is 5. The lowest BCUT2D eigenvalue weighted by atomic mass is 10.2. The molecule has 0 amide bonds. The Labute approximate surface area is 186 Å². The van der Waals surface area contributed by atoms with Crippen LogP contribution in [0.2, 0.25) is 0 Å². The molecule has 3 aromatic rings. The highest BCUT2D eigenvalue weighted by Crippen LogP contribution is 2.19. The van der Waals surface area contributed by atoms with E-state index < -0.39 is 0 Å². The first-order valence-corrected chi connectivity index (χ1v) is 10.1. The number of pyridine rings is 1. The van der Waals surface area contributed by atoms with Crippen molar-refractivity contribution in [3.63, 3.8) is 0 Å². The van der Waals surface area contributed by atoms with E-state index in [-0.39, 0.29) is 0 Å². The zero-order valence-electron chi connectivity index (χ0n) is 17.8. The summed E-state index contributed by atoms with van der Waals surface area (Å²) in [5, 5.41) is 11.0. The molecule has 0 aliphatic heterocycles. The van der Waals surface area contributed by atoms with Gasteiger partial charge in [-0.1, -0.05) is 12.2 Å². The van der Waals surface area contributed by atoms with Gasteiger partial charge in [-0.15, -0.1) is 6.58 Å². The summed E-state index contributed by atoms with van der Waals surface area (Å²) in [7, 11) is 1.66. The van der Waals surface area contributed by atoms with Crippen LogP contribution in [0, 0.1) is 0 Å². The minimum Gasteiger partial charge on any atom is -0.501 e. The standard InChI is InChI=1S/C22H25N7OS/c1-5-9-23-22(31)28-20-8-7-18-21(27-20)26-19(12-24-18)17-11-25-29(14-17)13-16(6-2)10-15(3)30-4/h5-8,10-12,14H,1,9,13H2,2-4H3,(H2,23,26,27,28,31). The van der Waals surface area contributed by atoms with Crippen LogP contribution in [0.5, 0.6) is 0 Å². The van der Waals surface area contributed by atoms with E-state index in [1.807, 2.05) is 49.0 Å². The molecular weight excluding hydrogens is 410 g/mol. The van der Waals surface area contributed by atoms with Gasteiger partial charge in [0.2, 0.25) is 0 Å². The molecular formula is C22H25N7OS. The first-order chi connectivity index (χ1) is 15.0. The summed E-state index contributed by atoms with van der Waals surface area (Å²) in [6.07, 6.45) is 11.2. The first kappa shape index (κ1) is 22.1. The summed E-state index contributed by atoms with van der Waals surface area (Å²) >= 11 is 5.23. The molecule has 0 aliphatic rings. The summed E-state index contributed by atoms with van der Waals surface area (Å²) in [5.41, 5.74) is 3.87. The number of aromatic nitrogens is 5. The van der Waals surface area contributed by atoms with Gasteiger partial charge in [0, 0.05) is 18.3 Å². The van der Waals surface area contributed by atoms with E-state index >= 15 is 0 Å². The molecule has 160 valence electrons. The molecule has 2 N–H and O–H groups in total. The number of ether oxygens (including phenoxy) is 1. The van der Waals surface area contributed by atoms with Crippen molar-refractivity contribution in [2.24, 2.45) is 0 Å². The molecule has 0 atom stereocenters. The Hall–Kier alpha value is -3.59. The second-order valence-corrected chi connectivity index (χ2v) is 7.08. The largest absolute Gasteiger partial charge is 0.501 e. The SMILES string of the molecule is C=CCNC(=S)Nc1ccc2ncc(-c3cnn(CC(=CC)C=C(C)OC)c3)nc2n1. The van der Waals surface area contributed by atoms with E-state index in [0.29, 0.717) is 40.9 Å². The molecule has 3 heterocycles. The number of allylic oxidation sites excluding steroid dienone is 4. The molecule has 0 saturated carbocycles. The molecule has 0 aromatic carbocycles. The molecule has 0 bridgehead atoms. The van der Waals surface area contributed by atoms with E-state index in [9.17, 15) is 0 Å². The van der Waals surface area contributed by atoms with Gasteiger partial charge >= 0.3 is 0 Å². The van der Waals surface area contributed by atoms with Gasteiger partial charge in [0.05, 0.1) is 37.5 Å². The Bertz CT molecular complexity index is 1150. The summed E-state index contributed by atoms with van der Waals surface area (Å²) < 4.78 is 7.08. The number of nitrogens with one attached hydrogen (secondary N) is 2. The van der Waals surface area contributed by atoms with E-state index in [1.54, 1.807) is 25.6 Å². The lowest BCUT2D eigenvalue weighted by Crippen LogP contribution is -2.28. The second kappa shape index (κ2) is 10.4. The molecule has 8 nitrogen and oxygen atoms in total. The van der Waals surface area contributed by atoms with Crippen LogP contribution in [0.1, 0.15) is 13.8 Å². The van der Waals surface area contributed by atoms with E-state index in [0.717, 1.165) is 16.9 Å². The Morgan fingerprint density at radius 2 is 2.13 bits per heavy atom. The highest BCUT2D eigenvalue weighted by Gasteiger charge is 2.09. The molecule has 31 heavy (non-hydrogen) atoms. The van der Waals surface area contributed by atoms with Gasteiger partial charge < -0.3 is 15.4 Å². The zero-order chi connectivity index (χ0) is 22.2. The summed E-state index contributed by atoms with van der Waals surface area (Å²) in [6, 6.07) is 3.66. The van der Waals surface area contributed by atoms with Crippen LogP contribution in [0.25, 0.3) is 22.4 Å². The van der Waals surface area contributed by atoms with Crippen LogP contribution in [0.15, 0.2) is 66.9 Å². The van der Waals surface area contributed by atoms with Crippen LogP contribution in [0.3, 0.4) is 0 Å². The van der Waals surface area contributed by atoms with Crippen LogP contribution in [-0.4, -0.2) is 43.5 Å². The van der Waals surface area contributed by atoms with Crippen LogP contribution in [0.4, 0.5) is 5.82 Å². The van der Waals surface area contributed by atoms with Crippen molar-refractivity contribution in [3.8, 4) is 11.3 Å². The van der Waals surface area contributed by atoms with E-state index in [1.165, 1.54) is 0 Å². The Morgan fingerprint density at radius 1 is 1.29 bits per heavy atom. The normalized spacial score (nSPS) is 12.0. The predicted octanol–water partition coefficient (Wildman–Crippen LogP) is 3.86. The van der Waals surface area contributed by atoms with Gasteiger partial charge in [-0.25, -0.2) is 9.97 Å². The fraction of sp³-hybridized carbons (Fsp3) is 0.227. The summed E-state index contributed by atoms with van der Waals surface area (Å²) in [4.78, 5) is 13.7. The maximum Gasteiger partial charge on any atom is 0.180 e. The summed E-state index contributed by atoms with van der Waals surface area (Å²) in [6.45, 7) is 8.76. The average molecular weight is 436 g/mol. The number of hydrogen-bond donors (Lipinski definition) is 2. The summed E-state index contributed by atoms with van der Waals surface area (Å²) in [5.74, 6) is 1.43. The van der Waals surface area contributed by atoms with Crippen molar-refractivity contribution < 1.29 is 4.74 Å². The van der Waals surface area contributed by atoms with Gasteiger partial charge in [-0.2, -0.15) is 5.10 Å². The number of hydrogen-bond acceptors (Lipinski definition) is 6. The van der Waals surface area contributed by atoms with Crippen molar-refractivity contribution in [2.75, 3.05) is 19.0 Å². The molecule has 0 fully saturated rings. The lowest BCUT2D eigenvalue weighted by Gasteiger charge is -2.08. The molecule has 0 saturated heterocycles. The minimum atomic E-state index is 0.467. The maximum atomic E-state index is 5.23. The predicted molar refractivity (Wildman–Crippen MR) is 127 cm³/mol. The maximum absolute atomic E-state index is 5.23. The van der Waals surface area contributed by atoms with Crippen molar-refractivity contribution in [1.29, 1.82) is 0 Å². The van der Waals surface area contributed by atoms with Crippen molar-refractivity contribution >= 4 is 34.3 Å². The fourth-order valence-corrected chi connectivity index (χ4v) is 2.93. The Morgan fingerprint density at radius 3 is 2.87 bits per heavy atom. The lowest BCUT2D eigenvalue weighted by molar-refractivity contribution is 0.293. The van der Waals surface area contributed by atoms with Crippen molar-refractivity contribution in [2.45, 2.75) is 20.4 Å². The Balaban J connectivity index is 1.80. The monoisotopic (exact) mass is 435 g/mol. The quantitative estimate of drug-likeness (QED) is 0.239. The number of anilines is 1. The third kappa shape index (κ3) is 5.95. The molecule has 3 rings (SSSR count). The minimum absolute atomic E-state index is 0.467. The number of thiocarbonyl (C=S) groups is 1. The van der Waals surface area contributed by atoms with Crippen LogP contribution >= 0.6 is 12.2 Å². The molecule has 0 unspecified atom stereocenters. The molecule has 0 radical (unpaired) electrons. The number of rotatable bonds is 8. The van der Waals surface area contributed by atoms with Gasteiger partial charge in [0.25, 0.3) is 0 Å². The van der Waals surface area contributed by atoms with Gasteiger partial charge in [0.15, 0.2) is 10.8 Å². The smallest absolute Gasteiger partial charge is 0.180 e. The highest BCUT2D eigenvalue weighted by atomic mass is 32.1. The highest BCUT2D eigenvalue weighted by molar-refractivity contribution is 7.80. The molecule has 0 aliphatic carbocycles. The Kier molecular flexibility index (Phi) is 7.45. The van der Waals surface area contributed by atoms with Gasteiger partial charge in [0.1, 0.15) is 11.3 Å². The van der Waals surface area contributed by atoms with Crippen LogP contribution in [-0.2, 0) is 11.3 Å². The molecule has 0 spiro atoms. The number of fused-ring (bicyclic) bond motifs is 1.